The minimum absolute atomic E-state index is 0.0272. The van der Waals surface area contributed by atoms with E-state index in [4.69, 9.17) is 5.73 Å². The fourth-order valence-electron chi connectivity index (χ4n) is 2.48. The lowest BCUT2D eigenvalue weighted by Gasteiger charge is -2.32. The molecule has 1 aliphatic rings. The highest BCUT2D eigenvalue weighted by molar-refractivity contribution is 5.85. The van der Waals surface area contributed by atoms with Crippen molar-refractivity contribution in [2.45, 2.75) is 39.7 Å². The third kappa shape index (κ3) is 4.64. The number of nitrogens with two attached hydrogens (primary N) is 1. The van der Waals surface area contributed by atoms with Crippen molar-refractivity contribution in [3.63, 3.8) is 0 Å². The average molecular weight is 255 g/mol. The fourth-order valence-corrected chi connectivity index (χ4v) is 2.48. The van der Waals surface area contributed by atoms with Crippen molar-refractivity contribution in [3.8, 4) is 0 Å². The highest BCUT2D eigenvalue weighted by atomic mass is 16.2. The molecule has 1 heterocycles. The van der Waals surface area contributed by atoms with Crippen LogP contribution in [0.15, 0.2) is 0 Å². The lowest BCUT2D eigenvalue weighted by atomic mass is 9.91. The van der Waals surface area contributed by atoms with Gasteiger partial charge in [-0.2, -0.15) is 0 Å². The van der Waals surface area contributed by atoms with Crippen molar-refractivity contribution in [3.05, 3.63) is 0 Å². The predicted octanol–water partition coefficient (Wildman–Crippen LogP) is 0.344. The van der Waals surface area contributed by atoms with Gasteiger partial charge in [0.25, 0.3) is 0 Å². The van der Waals surface area contributed by atoms with E-state index in [9.17, 15) is 9.59 Å². The van der Waals surface area contributed by atoms with Crippen LogP contribution in [0.5, 0.6) is 0 Å². The summed E-state index contributed by atoms with van der Waals surface area (Å²) in [7, 11) is 0. The van der Waals surface area contributed by atoms with Crippen LogP contribution in [-0.4, -0.2) is 42.4 Å². The summed E-state index contributed by atoms with van der Waals surface area (Å²) in [5, 5.41) is 3.32. The molecule has 1 rings (SSSR count). The highest BCUT2D eigenvalue weighted by Gasteiger charge is 2.29. The molecule has 1 saturated heterocycles. The number of rotatable bonds is 5. The van der Waals surface area contributed by atoms with Crippen molar-refractivity contribution >= 4 is 11.8 Å². The largest absolute Gasteiger partial charge is 0.368 e. The Bertz CT molecular complexity index is 305. The predicted molar refractivity (Wildman–Crippen MR) is 70.8 cm³/mol. The summed E-state index contributed by atoms with van der Waals surface area (Å²) in [6, 6.07) is 0.363. The molecule has 5 nitrogen and oxygen atoms in total. The molecule has 1 aliphatic heterocycles. The van der Waals surface area contributed by atoms with Crippen LogP contribution >= 0.6 is 0 Å². The molecule has 2 atom stereocenters. The summed E-state index contributed by atoms with van der Waals surface area (Å²) in [5.74, 6) is 0.00798. The van der Waals surface area contributed by atoms with E-state index in [1.807, 2.05) is 13.8 Å². The molecule has 0 radical (unpaired) electrons. The number of carbonyl (C=O) groups is 2. The van der Waals surface area contributed by atoms with Gasteiger partial charge in [0.05, 0.1) is 6.54 Å². The number of hydrogen-bond donors (Lipinski definition) is 2. The van der Waals surface area contributed by atoms with Gasteiger partial charge < -0.3 is 16.0 Å². The molecule has 5 heteroatoms. The Morgan fingerprint density at radius 2 is 2.11 bits per heavy atom. The molecule has 18 heavy (non-hydrogen) atoms. The van der Waals surface area contributed by atoms with Gasteiger partial charge in [-0.3, -0.25) is 9.59 Å². The van der Waals surface area contributed by atoms with Gasteiger partial charge in [0, 0.05) is 18.5 Å². The van der Waals surface area contributed by atoms with E-state index in [0.29, 0.717) is 18.5 Å². The van der Waals surface area contributed by atoms with E-state index in [1.165, 1.54) is 0 Å². The molecule has 0 aromatic heterocycles. The molecule has 104 valence electrons. The van der Waals surface area contributed by atoms with E-state index >= 15 is 0 Å². The Balaban J connectivity index is 2.64. The summed E-state index contributed by atoms with van der Waals surface area (Å²) in [4.78, 5) is 25.1. The zero-order chi connectivity index (χ0) is 13.7. The molecule has 0 spiro atoms. The maximum absolute atomic E-state index is 12.4. The van der Waals surface area contributed by atoms with E-state index in [0.717, 1.165) is 19.4 Å². The van der Waals surface area contributed by atoms with Gasteiger partial charge in [0.1, 0.15) is 0 Å². The van der Waals surface area contributed by atoms with Gasteiger partial charge in [-0.15, -0.1) is 0 Å². The number of piperidine rings is 1. The number of carbonyl (C=O) groups excluding carboxylic acids is 2. The summed E-state index contributed by atoms with van der Waals surface area (Å²) >= 11 is 0. The first-order chi connectivity index (χ1) is 8.40. The minimum atomic E-state index is -0.439. The van der Waals surface area contributed by atoms with Crippen LogP contribution in [0.2, 0.25) is 0 Å². The monoisotopic (exact) mass is 255 g/mol. The third-order valence-electron chi connectivity index (χ3n) is 3.22. The second-order valence-corrected chi connectivity index (χ2v) is 5.66. The Labute approximate surface area is 109 Å². The van der Waals surface area contributed by atoms with Crippen molar-refractivity contribution < 1.29 is 9.59 Å². The minimum Gasteiger partial charge on any atom is -0.368 e. The van der Waals surface area contributed by atoms with Gasteiger partial charge in [-0.05, 0) is 32.2 Å². The first kappa shape index (κ1) is 15.0. The van der Waals surface area contributed by atoms with Crippen LogP contribution in [0.1, 0.15) is 33.6 Å². The van der Waals surface area contributed by atoms with E-state index in [2.05, 4.69) is 12.2 Å². The fraction of sp³-hybridized carbons (Fsp3) is 0.846. The number of nitrogens with one attached hydrogen (secondary N) is 1. The lowest BCUT2D eigenvalue weighted by molar-refractivity contribution is -0.140. The van der Waals surface area contributed by atoms with Gasteiger partial charge >= 0.3 is 0 Å². The van der Waals surface area contributed by atoms with Crippen LogP contribution in [0.25, 0.3) is 0 Å². The van der Waals surface area contributed by atoms with Crippen molar-refractivity contribution in [2.75, 3.05) is 19.6 Å². The van der Waals surface area contributed by atoms with E-state index in [1.54, 1.807) is 4.90 Å². The molecule has 0 aliphatic carbocycles. The van der Waals surface area contributed by atoms with E-state index < -0.39 is 5.91 Å². The Morgan fingerprint density at radius 1 is 1.44 bits per heavy atom. The molecule has 0 aromatic carbocycles. The zero-order valence-corrected chi connectivity index (χ0v) is 11.6. The molecule has 2 amide bonds. The number of hydrogen-bond acceptors (Lipinski definition) is 3. The van der Waals surface area contributed by atoms with E-state index in [-0.39, 0.29) is 18.4 Å². The second-order valence-electron chi connectivity index (χ2n) is 5.66. The number of nitrogens with zero attached hydrogens (tertiary/aromatic N) is 1. The summed E-state index contributed by atoms with van der Waals surface area (Å²) in [6.07, 6.45) is 1.68. The SMILES string of the molecule is CC(C)CN(CC(N)=O)C(=O)C1CCNC(C)C1. The molecule has 0 aromatic rings. The zero-order valence-electron chi connectivity index (χ0n) is 11.6. The molecular weight excluding hydrogens is 230 g/mol. The highest BCUT2D eigenvalue weighted by Crippen LogP contribution is 2.19. The van der Waals surface area contributed by atoms with Crippen molar-refractivity contribution in [2.24, 2.45) is 17.6 Å². The number of amides is 2. The van der Waals surface area contributed by atoms with Gasteiger partial charge in [0.2, 0.25) is 11.8 Å². The third-order valence-corrected chi connectivity index (χ3v) is 3.22. The Hall–Kier alpha value is -1.10. The van der Waals surface area contributed by atoms with Crippen molar-refractivity contribution in [1.82, 2.24) is 10.2 Å². The van der Waals surface area contributed by atoms with Crippen LogP contribution < -0.4 is 11.1 Å². The van der Waals surface area contributed by atoms with Gasteiger partial charge in [0.15, 0.2) is 0 Å². The topological polar surface area (TPSA) is 75.4 Å². The lowest BCUT2D eigenvalue weighted by Crippen LogP contribution is -2.47. The maximum atomic E-state index is 12.4. The average Bonchev–Trinajstić information content (AvgIpc) is 2.26. The van der Waals surface area contributed by atoms with Gasteiger partial charge in [-0.25, -0.2) is 0 Å². The van der Waals surface area contributed by atoms with Crippen LogP contribution in [0, 0.1) is 11.8 Å². The van der Waals surface area contributed by atoms with Crippen molar-refractivity contribution in [1.29, 1.82) is 0 Å². The first-order valence-corrected chi connectivity index (χ1v) is 6.70. The molecule has 1 fully saturated rings. The Morgan fingerprint density at radius 3 is 2.61 bits per heavy atom. The molecular formula is C13H25N3O2. The molecule has 0 bridgehead atoms. The molecule has 0 saturated carbocycles. The van der Waals surface area contributed by atoms with Crippen LogP contribution in [0.4, 0.5) is 0 Å². The molecule has 2 unspecified atom stereocenters. The van der Waals surface area contributed by atoms with Gasteiger partial charge in [-0.1, -0.05) is 13.8 Å². The Kier molecular flexibility index (Phi) is 5.59. The second kappa shape index (κ2) is 6.73. The standard InChI is InChI=1S/C13H25N3O2/c1-9(2)7-16(8-12(14)17)13(18)11-4-5-15-10(3)6-11/h9-11,15H,4-8H2,1-3H3,(H2,14,17). The van der Waals surface area contributed by atoms with Crippen LogP contribution in [-0.2, 0) is 9.59 Å². The quantitative estimate of drug-likeness (QED) is 0.744. The normalized spacial score (nSPS) is 24.0. The molecule has 3 N–H and O–H groups in total. The summed E-state index contributed by atoms with van der Waals surface area (Å²) in [5.41, 5.74) is 5.22. The van der Waals surface area contributed by atoms with Crippen LogP contribution in [0.3, 0.4) is 0 Å². The first-order valence-electron chi connectivity index (χ1n) is 6.70. The number of primary amides is 1. The summed E-state index contributed by atoms with van der Waals surface area (Å²) < 4.78 is 0. The smallest absolute Gasteiger partial charge is 0.237 e. The maximum Gasteiger partial charge on any atom is 0.237 e. The summed E-state index contributed by atoms with van der Waals surface area (Å²) in [6.45, 7) is 7.65.